The molecule has 2 aliphatic rings. The molecule has 126 valence electrons. The SMILES string of the molecule is CC(N)C1CCN(C(=O)c2cc(C3CC3)nc3ccccc23)CC1. The Bertz CT molecular complexity index is 759. The highest BCUT2D eigenvalue weighted by molar-refractivity contribution is 6.06. The summed E-state index contributed by atoms with van der Waals surface area (Å²) < 4.78 is 0. The van der Waals surface area contributed by atoms with E-state index in [-0.39, 0.29) is 11.9 Å². The average Bonchev–Trinajstić information content (AvgIpc) is 3.45. The Morgan fingerprint density at radius 3 is 2.58 bits per heavy atom. The number of carbonyl (C=O) groups excluding carboxylic acids is 1. The fourth-order valence-electron chi connectivity index (χ4n) is 3.76. The van der Waals surface area contributed by atoms with Crippen molar-refractivity contribution in [1.82, 2.24) is 9.88 Å². The summed E-state index contributed by atoms with van der Waals surface area (Å²) in [6.07, 6.45) is 4.39. The molecular weight excluding hydrogens is 298 g/mol. The number of carbonyl (C=O) groups is 1. The Hall–Kier alpha value is -1.94. The van der Waals surface area contributed by atoms with E-state index in [0.29, 0.717) is 11.8 Å². The van der Waals surface area contributed by atoms with Crippen LogP contribution in [0.4, 0.5) is 0 Å². The Labute approximate surface area is 143 Å². The van der Waals surface area contributed by atoms with Crippen molar-refractivity contribution in [1.29, 1.82) is 0 Å². The third-order valence-electron chi connectivity index (χ3n) is 5.53. The minimum atomic E-state index is 0.152. The summed E-state index contributed by atoms with van der Waals surface area (Å²) >= 11 is 0. The lowest BCUT2D eigenvalue weighted by molar-refractivity contribution is 0.0683. The summed E-state index contributed by atoms with van der Waals surface area (Å²) in [5, 5.41) is 0.973. The minimum Gasteiger partial charge on any atom is -0.339 e. The first-order valence-electron chi connectivity index (χ1n) is 9.08. The van der Waals surface area contributed by atoms with Crippen molar-refractivity contribution in [2.45, 2.75) is 44.6 Å². The number of likely N-dealkylation sites (tertiary alicyclic amines) is 1. The van der Waals surface area contributed by atoms with Crippen LogP contribution in [0.1, 0.15) is 54.6 Å². The first kappa shape index (κ1) is 15.6. The maximum atomic E-state index is 13.2. The Morgan fingerprint density at radius 1 is 1.21 bits per heavy atom. The standard InChI is InChI=1S/C20H25N3O/c1-13(21)14-8-10-23(11-9-14)20(24)17-12-19(15-6-7-15)22-18-5-3-2-4-16(17)18/h2-5,12-15H,6-11,21H2,1H3. The number of benzene rings is 1. The molecule has 4 heteroatoms. The van der Waals surface area contributed by atoms with Crippen LogP contribution in [0.15, 0.2) is 30.3 Å². The fourth-order valence-corrected chi connectivity index (χ4v) is 3.76. The second-order valence-corrected chi connectivity index (χ2v) is 7.37. The summed E-state index contributed by atoms with van der Waals surface area (Å²) in [6.45, 7) is 3.68. The van der Waals surface area contributed by atoms with Gasteiger partial charge in [-0.15, -0.1) is 0 Å². The molecule has 1 aromatic heterocycles. The molecule has 1 aromatic carbocycles. The van der Waals surface area contributed by atoms with Crippen LogP contribution in [0, 0.1) is 5.92 Å². The summed E-state index contributed by atoms with van der Waals surface area (Å²) in [5.41, 5.74) is 8.87. The number of nitrogens with zero attached hydrogens (tertiary/aromatic N) is 2. The fraction of sp³-hybridized carbons (Fsp3) is 0.500. The van der Waals surface area contributed by atoms with E-state index in [9.17, 15) is 4.79 Å². The van der Waals surface area contributed by atoms with Crippen molar-refractivity contribution < 1.29 is 4.79 Å². The molecule has 1 aliphatic carbocycles. The van der Waals surface area contributed by atoms with Crippen LogP contribution in [-0.4, -0.2) is 34.9 Å². The second kappa shape index (κ2) is 6.17. The van der Waals surface area contributed by atoms with Crippen LogP contribution in [0.2, 0.25) is 0 Å². The Balaban J connectivity index is 1.64. The van der Waals surface area contributed by atoms with Crippen LogP contribution in [-0.2, 0) is 0 Å². The molecule has 1 atom stereocenters. The van der Waals surface area contributed by atoms with E-state index in [1.54, 1.807) is 0 Å². The zero-order chi connectivity index (χ0) is 16.7. The molecule has 1 aliphatic heterocycles. The van der Waals surface area contributed by atoms with Crippen molar-refractivity contribution in [3.8, 4) is 0 Å². The third-order valence-corrected chi connectivity index (χ3v) is 5.53. The van der Waals surface area contributed by atoms with E-state index in [4.69, 9.17) is 10.7 Å². The molecule has 24 heavy (non-hydrogen) atoms. The van der Waals surface area contributed by atoms with Gasteiger partial charge in [-0.3, -0.25) is 9.78 Å². The molecule has 1 amide bonds. The predicted octanol–water partition coefficient (Wildman–Crippen LogP) is 3.31. The molecule has 2 N–H and O–H groups in total. The number of nitrogens with two attached hydrogens (primary N) is 1. The number of amides is 1. The second-order valence-electron chi connectivity index (χ2n) is 7.37. The number of aromatic nitrogens is 1. The first-order chi connectivity index (χ1) is 11.6. The van der Waals surface area contributed by atoms with Gasteiger partial charge in [-0.1, -0.05) is 18.2 Å². The molecule has 1 saturated carbocycles. The molecule has 4 nitrogen and oxygen atoms in total. The quantitative estimate of drug-likeness (QED) is 0.942. The van der Waals surface area contributed by atoms with Gasteiger partial charge in [0.15, 0.2) is 0 Å². The summed E-state index contributed by atoms with van der Waals surface area (Å²) in [4.78, 5) is 19.9. The Morgan fingerprint density at radius 2 is 1.92 bits per heavy atom. The van der Waals surface area contributed by atoms with E-state index in [1.807, 2.05) is 35.2 Å². The highest BCUT2D eigenvalue weighted by Gasteiger charge is 2.29. The van der Waals surface area contributed by atoms with Gasteiger partial charge in [-0.25, -0.2) is 0 Å². The lowest BCUT2D eigenvalue weighted by Gasteiger charge is -2.34. The number of para-hydroxylation sites is 1. The smallest absolute Gasteiger partial charge is 0.254 e. The molecule has 0 spiro atoms. The number of hydrogen-bond acceptors (Lipinski definition) is 3. The molecule has 2 heterocycles. The maximum absolute atomic E-state index is 13.2. The topological polar surface area (TPSA) is 59.2 Å². The number of rotatable bonds is 3. The lowest BCUT2D eigenvalue weighted by Crippen LogP contribution is -2.42. The predicted molar refractivity (Wildman–Crippen MR) is 96.0 cm³/mol. The zero-order valence-electron chi connectivity index (χ0n) is 14.2. The van der Waals surface area contributed by atoms with Crippen LogP contribution >= 0.6 is 0 Å². The summed E-state index contributed by atoms with van der Waals surface area (Å²) in [7, 11) is 0. The Kier molecular flexibility index (Phi) is 4.01. The van der Waals surface area contributed by atoms with Gasteiger partial charge in [-0.05, 0) is 50.7 Å². The van der Waals surface area contributed by atoms with E-state index in [1.165, 1.54) is 12.8 Å². The van der Waals surface area contributed by atoms with Gasteiger partial charge in [0.1, 0.15) is 0 Å². The first-order valence-corrected chi connectivity index (χ1v) is 9.08. The maximum Gasteiger partial charge on any atom is 0.254 e. The molecule has 0 bridgehead atoms. The molecule has 1 saturated heterocycles. The van der Waals surface area contributed by atoms with Crippen molar-refractivity contribution >= 4 is 16.8 Å². The van der Waals surface area contributed by atoms with E-state index in [0.717, 1.165) is 48.1 Å². The molecule has 2 aromatic rings. The molecule has 0 radical (unpaired) electrons. The van der Waals surface area contributed by atoms with Crippen LogP contribution in [0.25, 0.3) is 10.9 Å². The van der Waals surface area contributed by atoms with Gasteiger partial charge in [0.05, 0.1) is 11.1 Å². The third kappa shape index (κ3) is 2.91. The van der Waals surface area contributed by atoms with E-state index >= 15 is 0 Å². The monoisotopic (exact) mass is 323 g/mol. The van der Waals surface area contributed by atoms with Gasteiger partial charge in [-0.2, -0.15) is 0 Å². The molecule has 4 rings (SSSR count). The van der Waals surface area contributed by atoms with Gasteiger partial charge in [0.2, 0.25) is 0 Å². The summed E-state index contributed by atoms with van der Waals surface area (Å²) in [5.74, 6) is 1.23. The van der Waals surface area contributed by atoms with Crippen molar-refractivity contribution in [3.63, 3.8) is 0 Å². The summed E-state index contributed by atoms with van der Waals surface area (Å²) in [6, 6.07) is 10.3. The highest BCUT2D eigenvalue weighted by atomic mass is 16.2. The van der Waals surface area contributed by atoms with Gasteiger partial charge in [0, 0.05) is 36.1 Å². The number of piperidine rings is 1. The van der Waals surface area contributed by atoms with Gasteiger partial charge >= 0.3 is 0 Å². The molecule has 1 unspecified atom stereocenters. The molecule has 2 fully saturated rings. The van der Waals surface area contributed by atoms with Crippen molar-refractivity contribution in [2.75, 3.05) is 13.1 Å². The van der Waals surface area contributed by atoms with Gasteiger partial charge in [0.25, 0.3) is 5.91 Å². The van der Waals surface area contributed by atoms with Crippen LogP contribution < -0.4 is 5.73 Å². The number of hydrogen-bond donors (Lipinski definition) is 1. The molecular formula is C20H25N3O. The van der Waals surface area contributed by atoms with Crippen molar-refractivity contribution in [2.24, 2.45) is 11.7 Å². The normalized spacial score (nSPS) is 20.3. The lowest BCUT2D eigenvalue weighted by atomic mass is 9.90. The number of fused-ring (bicyclic) bond motifs is 1. The number of pyridine rings is 1. The largest absolute Gasteiger partial charge is 0.339 e. The van der Waals surface area contributed by atoms with E-state index in [2.05, 4.69) is 6.92 Å². The zero-order valence-corrected chi connectivity index (χ0v) is 14.2. The van der Waals surface area contributed by atoms with Crippen LogP contribution in [0.5, 0.6) is 0 Å². The minimum absolute atomic E-state index is 0.152. The van der Waals surface area contributed by atoms with Gasteiger partial charge < -0.3 is 10.6 Å². The van der Waals surface area contributed by atoms with E-state index < -0.39 is 0 Å². The van der Waals surface area contributed by atoms with Crippen LogP contribution in [0.3, 0.4) is 0 Å². The highest BCUT2D eigenvalue weighted by Crippen LogP contribution is 2.40. The average molecular weight is 323 g/mol. The van der Waals surface area contributed by atoms with Crippen molar-refractivity contribution in [3.05, 3.63) is 41.6 Å².